The number of aliphatic carboxylic acids is 1. The molecule has 46 valence electrons. The summed E-state index contributed by atoms with van der Waals surface area (Å²) in [5, 5.41) is 16.5. The van der Waals surface area contributed by atoms with Crippen LogP contribution in [0.5, 0.6) is 0 Å². The Morgan fingerprint density at radius 1 is 1.62 bits per heavy atom. The average molecular weight is 116 g/mol. The number of carboxylic acids is 1. The van der Waals surface area contributed by atoms with Crippen molar-refractivity contribution in [2.24, 2.45) is 5.92 Å². The van der Waals surface area contributed by atoms with E-state index in [1.807, 2.05) is 0 Å². The normalized spacial score (nSPS) is 12.6. The van der Waals surface area contributed by atoms with Crippen LogP contribution in [-0.2, 0) is 4.79 Å². The Hall–Kier alpha value is -0.990. The molecule has 0 bridgehead atoms. The SMILES string of the molecule is C=C(O)C(C)C(=O)O. The topological polar surface area (TPSA) is 57.5 Å². The molecule has 0 aromatic carbocycles. The van der Waals surface area contributed by atoms with E-state index in [0.29, 0.717) is 0 Å². The van der Waals surface area contributed by atoms with E-state index in [4.69, 9.17) is 10.2 Å². The van der Waals surface area contributed by atoms with Gasteiger partial charge in [-0.2, -0.15) is 0 Å². The highest BCUT2D eigenvalue weighted by atomic mass is 16.4. The summed E-state index contributed by atoms with van der Waals surface area (Å²) in [6, 6.07) is 0. The predicted octanol–water partition coefficient (Wildman–Crippen LogP) is 0.779. The first-order valence-corrected chi connectivity index (χ1v) is 2.16. The Kier molecular flexibility index (Phi) is 2.06. The number of aliphatic hydroxyl groups is 1. The monoisotopic (exact) mass is 116 g/mol. The molecular weight excluding hydrogens is 108 g/mol. The van der Waals surface area contributed by atoms with Gasteiger partial charge in [0, 0.05) is 0 Å². The largest absolute Gasteiger partial charge is 0.512 e. The van der Waals surface area contributed by atoms with E-state index in [1.54, 1.807) is 0 Å². The molecule has 0 aliphatic carbocycles. The molecule has 0 rings (SSSR count). The van der Waals surface area contributed by atoms with Crippen LogP contribution in [0.4, 0.5) is 0 Å². The highest BCUT2D eigenvalue weighted by Crippen LogP contribution is 2.02. The summed E-state index contributed by atoms with van der Waals surface area (Å²) in [5.74, 6) is -2.22. The minimum absolute atomic E-state index is 0.308. The number of rotatable bonds is 2. The molecule has 1 atom stereocenters. The molecule has 0 aromatic heterocycles. The third-order valence-corrected chi connectivity index (χ3v) is 0.870. The van der Waals surface area contributed by atoms with E-state index in [-0.39, 0.29) is 5.76 Å². The highest BCUT2D eigenvalue weighted by molar-refractivity contribution is 5.72. The minimum Gasteiger partial charge on any atom is -0.512 e. The third kappa shape index (κ3) is 1.64. The molecule has 2 N–H and O–H groups in total. The lowest BCUT2D eigenvalue weighted by molar-refractivity contribution is -0.140. The van der Waals surface area contributed by atoms with Crippen LogP contribution in [0.15, 0.2) is 12.3 Å². The van der Waals surface area contributed by atoms with E-state index >= 15 is 0 Å². The number of aliphatic hydroxyl groups excluding tert-OH is 1. The molecule has 3 nitrogen and oxygen atoms in total. The first-order valence-electron chi connectivity index (χ1n) is 2.16. The number of carbonyl (C=O) groups is 1. The Morgan fingerprint density at radius 3 is 2.00 bits per heavy atom. The van der Waals surface area contributed by atoms with Gasteiger partial charge in [-0.1, -0.05) is 6.58 Å². The van der Waals surface area contributed by atoms with Crippen LogP contribution < -0.4 is 0 Å². The van der Waals surface area contributed by atoms with Crippen molar-refractivity contribution in [2.45, 2.75) is 6.92 Å². The molecule has 0 heterocycles. The van der Waals surface area contributed by atoms with E-state index < -0.39 is 11.9 Å². The lowest BCUT2D eigenvalue weighted by Gasteiger charge is -1.99. The second-order valence-electron chi connectivity index (χ2n) is 1.55. The van der Waals surface area contributed by atoms with Gasteiger partial charge >= 0.3 is 5.97 Å². The summed E-state index contributed by atoms with van der Waals surface area (Å²) >= 11 is 0. The van der Waals surface area contributed by atoms with Gasteiger partial charge in [-0.25, -0.2) is 0 Å². The van der Waals surface area contributed by atoms with Crippen LogP contribution in [0.3, 0.4) is 0 Å². The van der Waals surface area contributed by atoms with Gasteiger partial charge in [0.1, 0.15) is 5.92 Å². The molecule has 0 aliphatic heterocycles. The summed E-state index contributed by atoms with van der Waals surface area (Å²) in [6.07, 6.45) is 0. The minimum atomic E-state index is -1.06. The van der Waals surface area contributed by atoms with Gasteiger partial charge in [0.05, 0.1) is 5.76 Å². The van der Waals surface area contributed by atoms with Gasteiger partial charge in [0.2, 0.25) is 0 Å². The first-order chi connectivity index (χ1) is 3.55. The lowest BCUT2D eigenvalue weighted by Crippen LogP contribution is -2.10. The Labute approximate surface area is 47.3 Å². The van der Waals surface area contributed by atoms with Crippen molar-refractivity contribution < 1.29 is 15.0 Å². The summed E-state index contributed by atoms with van der Waals surface area (Å²) in [6.45, 7) is 4.42. The molecule has 0 aliphatic rings. The molecule has 0 saturated heterocycles. The summed E-state index contributed by atoms with van der Waals surface area (Å²) < 4.78 is 0. The van der Waals surface area contributed by atoms with Crippen molar-refractivity contribution in [3.8, 4) is 0 Å². The van der Waals surface area contributed by atoms with Gasteiger partial charge < -0.3 is 10.2 Å². The van der Waals surface area contributed by atoms with Crippen LogP contribution in [-0.4, -0.2) is 16.2 Å². The summed E-state index contributed by atoms with van der Waals surface area (Å²) in [4.78, 5) is 9.92. The van der Waals surface area contributed by atoms with Crippen molar-refractivity contribution in [1.82, 2.24) is 0 Å². The van der Waals surface area contributed by atoms with Crippen molar-refractivity contribution in [3.05, 3.63) is 12.3 Å². The zero-order valence-corrected chi connectivity index (χ0v) is 4.59. The Balaban J connectivity index is 3.83. The van der Waals surface area contributed by atoms with Crippen LogP contribution in [0.1, 0.15) is 6.92 Å². The van der Waals surface area contributed by atoms with Crippen molar-refractivity contribution in [1.29, 1.82) is 0 Å². The fourth-order valence-electron chi connectivity index (χ4n) is 0.143. The molecule has 1 unspecified atom stereocenters. The predicted molar refractivity (Wildman–Crippen MR) is 28.6 cm³/mol. The van der Waals surface area contributed by atoms with Gasteiger partial charge in [-0.15, -0.1) is 0 Å². The summed E-state index contributed by atoms with van der Waals surface area (Å²) in [5.41, 5.74) is 0. The maximum Gasteiger partial charge on any atom is 0.313 e. The number of carboxylic acid groups (broad SMARTS) is 1. The highest BCUT2D eigenvalue weighted by Gasteiger charge is 2.12. The molecule has 3 heteroatoms. The van der Waals surface area contributed by atoms with E-state index in [1.165, 1.54) is 6.92 Å². The molecule has 8 heavy (non-hydrogen) atoms. The van der Waals surface area contributed by atoms with Gasteiger partial charge in [0.15, 0.2) is 0 Å². The van der Waals surface area contributed by atoms with Crippen LogP contribution in [0.2, 0.25) is 0 Å². The van der Waals surface area contributed by atoms with Crippen LogP contribution in [0.25, 0.3) is 0 Å². The van der Waals surface area contributed by atoms with Gasteiger partial charge in [-0.05, 0) is 6.92 Å². The molecule has 0 saturated carbocycles. The maximum atomic E-state index is 9.92. The van der Waals surface area contributed by atoms with Crippen LogP contribution >= 0.6 is 0 Å². The molecular formula is C5H8O3. The molecule has 0 aromatic rings. The lowest BCUT2D eigenvalue weighted by atomic mass is 10.1. The van der Waals surface area contributed by atoms with E-state index in [0.717, 1.165) is 0 Å². The second-order valence-corrected chi connectivity index (χ2v) is 1.55. The number of hydrogen-bond acceptors (Lipinski definition) is 2. The van der Waals surface area contributed by atoms with Crippen LogP contribution in [0, 0.1) is 5.92 Å². The zero-order chi connectivity index (χ0) is 6.73. The maximum absolute atomic E-state index is 9.92. The Morgan fingerprint density at radius 2 is 2.00 bits per heavy atom. The quantitative estimate of drug-likeness (QED) is 0.524. The zero-order valence-electron chi connectivity index (χ0n) is 4.59. The number of hydrogen-bond donors (Lipinski definition) is 2. The molecule has 0 spiro atoms. The first kappa shape index (κ1) is 7.01. The van der Waals surface area contributed by atoms with Crippen molar-refractivity contribution in [3.63, 3.8) is 0 Å². The second kappa shape index (κ2) is 2.35. The van der Waals surface area contributed by atoms with Crippen molar-refractivity contribution in [2.75, 3.05) is 0 Å². The van der Waals surface area contributed by atoms with Gasteiger partial charge in [-0.3, -0.25) is 4.79 Å². The molecule has 0 radical (unpaired) electrons. The standard InChI is InChI=1S/C5H8O3/c1-3(4(2)6)5(7)8/h3,6H,2H2,1H3,(H,7,8). The smallest absolute Gasteiger partial charge is 0.313 e. The molecule has 0 fully saturated rings. The van der Waals surface area contributed by atoms with E-state index in [2.05, 4.69) is 6.58 Å². The fourth-order valence-corrected chi connectivity index (χ4v) is 0.143. The van der Waals surface area contributed by atoms with Crippen molar-refractivity contribution >= 4 is 5.97 Å². The van der Waals surface area contributed by atoms with Gasteiger partial charge in [0.25, 0.3) is 0 Å². The Bertz CT molecular complexity index is 103. The third-order valence-electron chi connectivity index (χ3n) is 0.870. The molecule has 0 amide bonds. The van der Waals surface area contributed by atoms with E-state index in [9.17, 15) is 4.79 Å². The average Bonchev–Trinajstić information content (AvgIpc) is 1.64. The fraction of sp³-hybridized carbons (Fsp3) is 0.400. The summed E-state index contributed by atoms with van der Waals surface area (Å²) in [7, 11) is 0.